The number of aromatic nitrogens is 3. The Kier molecular flexibility index (Phi) is 4.47. The lowest BCUT2D eigenvalue weighted by Gasteiger charge is -2.18. The minimum Gasteiger partial charge on any atom is -0.477 e. The first-order valence-corrected chi connectivity index (χ1v) is 7.96. The number of carbonyl (C=O) groups is 1. The van der Waals surface area contributed by atoms with Crippen LogP contribution in [-0.2, 0) is 6.54 Å². The highest BCUT2D eigenvalue weighted by molar-refractivity contribution is 7.00. The summed E-state index contributed by atoms with van der Waals surface area (Å²) in [4.78, 5) is 18.4. The number of ether oxygens (including phenoxy) is 1. The van der Waals surface area contributed by atoms with E-state index in [1.165, 1.54) is 11.7 Å². The summed E-state index contributed by atoms with van der Waals surface area (Å²) in [6.07, 6.45) is 1.62. The van der Waals surface area contributed by atoms with Crippen molar-refractivity contribution in [2.45, 2.75) is 13.5 Å². The van der Waals surface area contributed by atoms with E-state index >= 15 is 0 Å². The predicted molar refractivity (Wildman–Crippen MR) is 88.6 cm³/mol. The fraction of sp³-hybridized carbons (Fsp3) is 0.250. The quantitative estimate of drug-likeness (QED) is 0.720. The van der Waals surface area contributed by atoms with Crippen molar-refractivity contribution in [2.24, 2.45) is 0 Å². The van der Waals surface area contributed by atoms with E-state index < -0.39 is 0 Å². The van der Waals surface area contributed by atoms with Crippen LogP contribution in [0.5, 0.6) is 5.88 Å². The third kappa shape index (κ3) is 3.29. The van der Waals surface area contributed by atoms with Crippen molar-refractivity contribution in [3.8, 4) is 5.88 Å². The van der Waals surface area contributed by atoms with E-state index in [1.807, 2.05) is 25.1 Å². The molecule has 6 nitrogen and oxygen atoms in total. The largest absolute Gasteiger partial charge is 0.477 e. The molecule has 1 amide bonds. The second-order valence-electron chi connectivity index (χ2n) is 5.04. The van der Waals surface area contributed by atoms with E-state index in [4.69, 9.17) is 4.74 Å². The van der Waals surface area contributed by atoms with Crippen molar-refractivity contribution in [3.05, 3.63) is 47.7 Å². The van der Waals surface area contributed by atoms with Crippen molar-refractivity contribution in [1.29, 1.82) is 0 Å². The van der Waals surface area contributed by atoms with Gasteiger partial charge in [0, 0.05) is 19.8 Å². The Bertz CT molecular complexity index is 834. The third-order valence-electron chi connectivity index (χ3n) is 3.37. The van der Waals surface area contributed by atoms with E-state index in [2.05, 4.69) is 13.7 Å². The van der Waals surface area contributed by atoms with Gasteiger partial charge >= 0.3 is 0 Å². The van der Waals surface area contributed by atoms with Gasteiger partial charge in [-0.3, -0.25) is 4.79 Å². The normalized spacial score (nSPS) is 10.7. The first-order chi connectivity index (χ1) is 11.2. The summed E-state index contributed by atoms with van der Waals surface area (Å²) in [5.74, 6) is 0.240. The number of amides is 1. The molecule has 0 aliphatic heterocycles. The van der Waals surface area contributed by atoms with Gasteiger partial charge in [-0.15, -0.1) is 0 Å². The van der Waals surface area contributed by atoms with Gasteiger partial charge in [0.05, 0.1) is 18.3 Å². The summed E-state index contributed by atoms with van der Waals surface area (Å²) in [5.41, 5.74) is 3.19. The summed E-state index contributed by atoms with van der Waals surface area (Å²) < 4.78 is 13.8. The molecule has 118 valence electrons. The standard InChI is InChI=1S/C16H16N4O2S/c1-3-22-15-12(5-4-8-17-15)16(21)20(2)10-11-6-7-13-14(9-11)19-23-18-13/h4-9H,3,10H2,1-2H3. The Balaban J connectivity index is 1.79. The molecule has 0 radical (unpaired) electrons. The SMILES string of the molecule is CCOc1ncccc1C(=O)N(C)Cc1ccc2nsnc2c1. The van der Waals surface area contributed by atoms with Gasteiger partial charge in [-0.25, -0.2) is 4.98 Å². The Hall–Kier alpha value is -2.54. The summed E-state index contributed by atoms with van der Waals surface area (Å²) in [5, 5.41) is 0. The maximum Gasteiger partial charge on any atom is 0.259 e. The number of rotatable bonds is 5. The number of fused-ring (bicyclic) bond motifs is 1. The average molecular weight is 328 g/mol. The number of carbonyl (C=O) groups excluding carboxylic acids is 1. The first-order valence-electron chi connectivity index (χ1n) is 7.23. The molecule has 3 aromatic rings. The molecule has 3 rings (SSSR count). The van der Waals surface area contributed by atoms with E-state index in [0.29, 0.717) is 24.6 Å². The zero-order valence-electron chi connectivity index (χ0n) is 12.9. The van der Waals surface area contributed by atoms with Gasteiger partial charge in [0.2, 0.25) is 5.88 Å². The van der Waals surface area contributed by atoms with Crippen molar-refractivity contribution < 1.29 is 9.53 Å². The van der Waals surface area contributed by atoms with Gasteiger partial charge < -0.3 is 9.64 Å². The van der Waals surface area contributed by atoms with Crippen molar-refractivity contribution >= 4 is 28.7 Å². The molecule has 0 bridgehead atoms. The van der Waals surface area contributed by atoms with Gasteiger partial charge in [-0.1, -0.05) is 6.07 Å². The Morgan fingerprint density at radius 2 is 2.09 bits per heavy atom. The summed E-state index contributed by atoms with van der Waals surface area (Å²) in [6, 6.07) is 9.29. The van der Waals surface area contributed by atoms with Crippen LogP contribution in [0.2, 0.25) is 0 Å². The van der Waals surface area contributed by atoms with E-state index in [1.54, 1.807) is 30.3 Å². The first kappa shape index (κ1) is 15.4. The number of hydrogen-bond donors (Lipinski definition) is 0. The lowest BCUT2D eigenvalue weighted by Crippen LogP contribution is -2.27. The van der Waals surface area contributed by atoms with Crippen LogP contribution in [0.1, 0.15) is 22.8 Å². The number of pyridine rings is 1. The average Bonchev–Trinajstić information content (AvgIpc) is 3.02. The van der Waals surface area contributed by atoms with E-state index in [0.717, 1.165) is 16.6 Å². The fourth-order valence-electron chi connectivity index (χ4n) is 2.28. The lowest BCUT2D eigenvalue weighted by molar-refractivity contribution is 0.0780. The molecular formula is C16H16N4O2S. The minimum absolute atomic E-state index is 0.127. The van der Waals surface area contributed by atoms with Gasteiger partial charge in [0.25, 0.3) is 5.91 Å². The number of nitrogens with zero attached hydrogens (tertiary/aromatic N) is 4. The van der Waals surface area contributed by atoms with Crippen molar-refractivity contribution in [1.82, 2.24) is 18.6 Å². The van der Waals surface area contributed by atoms with Gasteiger partial charge in [-0.2, -0.15) is 8.75 Å². The van der Waals surface area contributed by atoms with Crippen molar-refractivity contribution in [2.75, 3.05) is 13.7 Å². The summed E-state index contributed by atoms with van der Waals surface area (Å²) in [6.45, 7) is 2.81. The van der Waals surface area contributed by atoms with Crippen LogP contribution in [-0.4, -0.2) is 38.2 Å². The molecule has 0 unspecified atom stereocenters. The topological polar surface area (TPSA) is 68.2 Å². The fourth-order valence-corrected chi connectivity index (χ4v) is 2.80. The maximum atomic E-state index is 12.6. The summed E-state index contributed by atoms with van der Waals surface area (Å²) >= 11 is 1.19. The molecule has 0 fully saturated rings. The van der Waals surface area contributed by atoms with Gasteiger partial charge in [0.15, 0.2) is 0 Å². The number of benzene rings is 1. The zero-order chi connectivity index (χ0) is 16.2. The van der Waals surface area contributed by atoms with Crippen molar-refractivity contribution in [3.63, 3.8) is 0 Å². The molecule has 0 aliphatic rings. The molecule has 0 saturated heterocycles. The smallest absolute Gasteiger partial charge is 0.259 e. The maximum absolute atomic E-state index is 12.6. The molecule has 0 aliphatic carbocycles. The van der Waals surface area contributed by atoms with Crippen LogP contribution in [0, 0.1) is 0 Å². The molecule has 0 atom stereocenters. The van der Waals surface area contributed by atoms with Gasteiger partial charge in [0.1, 0.15) is 16.6 Å². The highest BCUT2D eigenvalue weighted by atomic mass is 32.1. The Morgan fingerprint density at radius 3 is 2.91 bits per heavy atom. The van der Waals surface area contributed by atoms with Crippen LogP contribution in [0.4, 0.5) is 0 Å². The molecule has 0 N–H and O–H groups in total. The Labute approximate surface area is 138 Å². The molecule has 0 saturated carbocycles. The van der Waals surface area contributed by atoms with Crippen LogP contribution in [0.15, 0.2) is 36.5 Å². The highest BCUT2D eigenvalue weighted by Gasteiger charge is 2.18. The lowest BCUT2D eigenvalue weighted by atomic mass is 10.1. The number of hydrogen-bond acceptors (Lipinski definition) is 6. The molecule has 7 heteroatoms. The van der Waals surface area contributed by atoms with Gasteiger partial charge in [-0.05, 0) is 36.8 Å². The molecule has 1 aromatic carbocycles. The highest BCUT2D eigenvalue weighted by Crippen LogP contribution is 2.19. The third-order valence-corrected chi connectivity index (χ3v) is 3.92. The minimum atomic E-state index is -0.127. The molecule has 0 spiro atoms. The van der Waals surface area contributed by atoms with E-state index in [9.17, 15) is 4.79 Å². The van der Waals surface area contributed by atoms with Crippen LogP contribution >= 0.6 is 11.7 Å². The molecule has 2 aromatic heterocycles. The van der Waals surface area contributed by atoms with Crippen LogP contribution in [0.25, 0.3) is 11.0 Å². The molecule has 2 heterocycles. The van der Waals surface area contributed by atoms with Crippen LogP contribution in [0.3, 0.4) is 0 Å². The predicted octanol–water partition coefficient (Wildman–Crippen LogP) is 2.76. The summed E-state index contributed by atoms with van der Waals surface area (Å²) in [7, 11) is 1.76. The van der Waals surface area contributed by atoms with Crippen LogP contribution < -0.4 is 4.74 Å². The second-order valence-corrected chi connectivity index (χ2v) is 5.57. The second kappa shape index (κ2) is 6.70. The monoisotopic (exact) mass is 328 g/mol. The van der Waals surface area contributed by atoms with E-state index in [-0.39, 0.29) is 5.91 Å². The molecule has 23 heavy (non-hydrogen) atoms. The Morgan fingerprint density at radius 1 is 1.26 bits per heavy atom. The molecular weight excluding hydrogens is 312 g/mol. The zero-order valence-corrected chi connectivity index (χ0v) is 13.7.